The van der Waals surface area contributed by atoms with Crippen LogP contribution in [0, 0.1) is 5.92 Å². The number of benzene rings is 1. The second-order valence-corrected chi connectivity index (χ2v) is 7.77. The summed E-state index contributed by atoms with van der Waals surface area (Å²) in [6.07, 6.45) is 4.48. The van der Waals surface area contributed by atoms with E-state index in [1.807, 2.05) is 4.90 Å². The highest BCUT2D eigenvalue weighted by Gasteiger charge is 2.29. The van der Waals surface area contributed by atoms with Crippen molar-refractivity contribution in [1.82, 2.24) is 9.80 Å². The molecule has 3 aliphatic rings. The minimum atomic E-state index is 0.222. The number of piperidine rings is 1. The van der Waals surface area contributed by atoms with Crippen molar-refractivity contribution in [2.75, 3.05) is 63.9 Å². The van der Waals surface area contributed by atoms with Crippen LogP contribution in [0.4, 0.5) is 5.69 Å². The van der Waals surface area contributed by atoms with Crippen LogP contribution < -0.4 is 4.90 Å². The second kappa shape index (κ2) is 8.40. The highest BCUT2D eigenvalue weighted by Crippen LogP contribution is 2.27. The maximum atomic E-state index is 12.6. The smallest absolute Gasteiger partial charge is 0.225 e. The van der Waals surface area contributed by atoms with Gasteiger partial charge in [0.25, 0.3) is 0 Å². The van der Waals surface area contributed by atoms with Crippen molar-refractivity contribution in [3.8, 4) is 0 Å². The summed E-state index contributed by atoms with van der Waals surface area (Å²) in [6.45, 7) is 8.41. The van der Waals surface area contributed by atoms with Crippen LogP contribution in [0.15, 0.2) is 24.3 Å². The van der Waals surface area contributed by atoms with E-state index < -0.39 is 0 Å². The Balaban J connectivity index is 1.24. The second-order valence-electron chi connectivity index (χ2n) is 7.77. The van der Waals surface area contributed by atoms with E-state index >= 15 is 0 Å². The number of likely N-dealkylation sites (tertiary alicyclic amines) is 1. The SMILES string of the molecule is O=C(C1CCN(CCN2CCCc3ccccc32)CC1)N1CCOCC1. The van der Waals surface area contributed by atoms with E-state index in [1.54, 1.807) is 0 Å². The molecule has 5 nitrogen and oxygen atoms in total. The lowest BCUT2D eigenvalue weighted by Gasteiger charge is -2.37. The fourth-order valence-electron chi connectivity index (χ4n) is 4.55. The summed E-state index contributed by atoms with van der Waals surface area (Å²) in [6, 6.07) is 8.84. The summed E-state index contributed by atoms with van der Waals surface area (Å²) in [5.74, 6) is 0.581. The molecule has 26 heavy (non-hydrogen) atoms. The Bertz CT molecular complexity index is 607. The monoisotopic (exact) mass is 357 g/mol. The number of nitrogens with zero attached hydrogens (tertiary/aromatic N) is 3. The zero-order chi connectivity index (χ0) is 17.8. The average molecular weight is 357 g/mol. The third kappa shape index (κ3) is 4.04. The number of ether oxygens (including phenoxy) is 1. The molecule has 4 rings (SSSR count). The predicted octanol–water partition coefficient (Wildman–Crippen LogP) is 2.01. The molecule has 0 aromatic heterocycles. The number of aryl methyl sites for hydroxylation is 1. The van der Waals surface area contributed by atoms with E-state index in [2.05, 4.69) is 34.1 Å². The molecule has 0 N–H and O–H groups in total. The van der Waals surface area contributed by atoms with E-state index in [4.69, 9.17) is 4.74 Å². The molecule has 0 bridgehead atoms. The van der Waals surface area contributed by atoms with Gasteiger partial charge < -0.3 is 19.4 Å². The number of amides is 1. The Hall–Kier alpha value is -1.59. The zero-order valence-electron chi connectivity index (χ0n) is 15.7. The van der Waals surface area contributed by atoms with Crippen LogP contribution in [0.5, 0.6) is 0 Å². The van der Waals surface area contributed by atoms with Gasteiger partial charge in [0.15, 0.2) is 0 Å². The number of carbonyl (C=O) groups is 1. The van der Waals surface area contributed by atoms with Crippen LogP contribution >= 0.6 is 0 Å². The molecule has 1 amide bonds. The standard InChI is InChI=1S/C21H31N3O2/c25-21(24-14-16-26-17-15-24)19-7-10-22(11-8-19)12-13-23-9-3-5-18-4-1-2-6-20(18)23/h1-2,4,6,19H,3,5,7-17H2. The Morgan fingerprint density at radius 1 is 1.00 bits per heavy atom. The van der Waals surface area contributed by atoms with Crippen LogP contribution in [-0.2, 0) is 16.0 Å². The topological polar surface area (TPSA) is 36.0 Å². The van der Waals surface area contributed by atoms with Crippen LogP contribution in [0.1, 0.15) is 24.8 Å². The summed E-state index contributed by atoms with van der Waals surface area (Å²) in [4.78, 5) is 19.7. The Labute approximate surface area is 156 Å². The Kier molecular flexibility index (Phi) is 5.75. The third-order valence-corrected chi connectivity index (χ3v) is 6.15. The summed E-state index contributed by atoms with van der Waals surface area (Å²) in [5.41, 5.74) is 2.92. The van der Waals surface area contributed by atoms with Gasteiger partial charge in [0.2, 0.25) is 5.91 Å². The lowest BCUT2D eigenvalue weighted by atomic mass is 9.95. The molecule has 5 heteroatoms. The highest BCUT2D eigenvalue weighted by atomic mass is 16.5. The molecule has 2 saturated heterocycles. The number of para-hydroxylation sites is 1. The van der Waals surface area contributed by atoms with Crippen LogP contribution in [0.3, 0.4) is 0 Å². The van der Waals surface area contributed by atoms with Crippen molar-refractivity contribution in [1.29, 1.82) is 0 Å². The largest absolute Gasteiger partial charge is 0.378 e. The lowest BCUT2D eigenvalue weighted by Crippen LogP contribution is -2.47. The molecule has 3 heterocycles. The molecule has 0 saturated carbocycles. The minimum Gasteiger partial charge on any atom is -0.378 e. The number of fused-ring (bicyclic) bond motifs is 1. The molecular weight excluding hydrogens is 326 g/mol. The molecule has 3 aliphatic heterocycles. The maximum Gasteiger partial charge on any atom is 0.225 e. The van der Waals surface area contributed by atoms with Crippen molar-refractivity contribution in [2.24, 2.45) is 5.92 Å². The quantitative estimate of drug-likeness (QED) is 0.826. The van der Waals surface area contributed by atoms with Gasteiger partial charge >= 0.3 is 0 Å². The van der Waals surface area contributed by atoms with Crippen LogP contribution in [0.25, 0.3) is 0 Å². The lowest BCUT2D eigenvalue weighted by molar-refractivity contribution is -0.141. The van der Waals surface area contributed by atoms with E-state index in [-0.39, 0.29) is 5.92 Å². The zero-order valence-corrected chi connectivity index (χ0v) is 15.7. The average Bonchev–Trinajstić information content (AvgIpc) is 2.73. The molecule has 0 unspecified atom stereocenters. The Morgan fingerprint density at radius 3 is 2.58 bits per heavy atom. The van der Waals surface area contributed by atoms with Crippen LogP contribution in [-0.4, -0.2) is 74.7 Å². The van der Waals surface area contributed by atoms with Gasteiger partial charge in [0.1, 0.15) is 0 Å². The number of rotatable bonds is 4. The first-order valence-electron chi connectivity index (χ1n) is 10.2. The summed E-state index contributed by atoms with van der Waals surface area (Å²) >= 11 is 0. The fraction of sp³-hybridized carbons (Fsp3) is 0.667. The minimum absolute atomic E-state index is 0.222. The van der Waals surface area contributed by atoms with Gasteiger partial charge in [-0.15, -0.1) is 0 Å². The van der Waals surface area contributed by atoms with Crippen LogP contribution in [0.2, 0.25) is 0 Å². The molecule has 0 aliphatic carbocycles. The summed E-state index contributed by atoms with van der Waals surface area (Å²) in [5, 5.41) is 0. The highest BCUT2D eigenvalue weighted by molar-refractivity contribution is 5.79. The van der Waals surface area contributed by atoms with Gasteiger partial charge in [-0.3, -0.25) is 4.79 Å². The number of anilines is 1. The first-order chi connectivity index (χ1) is 12.8. The van der Waals surface area contributed by atoms with E-state index in [0.717, 1.165) is 52.1 Å². The van der Waals surface area contributed by atoms with Gasteiger partial charge in [-0.05, 0) is 50.4 Å². The molecular formula is C21H31N3O2. The molecule has 1 aromatic rings. The molecule has 142 valence electrons. The number of hydrogen-bond acceptors (Lipinski definition) is 4. The van der Waals surface area contributed by atoms with E-state index in [1.165, 1.54) is 30.6 Å². The normalized spacial score (nSPS) is 22.3. The maximum absolute atomic E-state index is 12.6. The van der Waals surface area contributed by atoms with E-state index in [9.17, 15) is 4.79 Å². The van der Waals surface area contributed by atoms with Gasteiger partial charge in [0.05, 0.1) is 13.2 Å². The van der Waals surface area contributed by atoms with Crippen molar-refractivity contribution < 1.29 is 9.53 Å². The fourth-order valence-corrected chi connectivity index (χ4v) is 4.55. The van der Waals surface area contributed by atoms with Gasteiger partial charge in [-0.1, -0.05) is 18.2 Å². The first-order valence-corrected chi connectivity index (χ1v) is 10.2. The summed E-state index contributed by atoms with van der Waals surface area (Å²) in [7, 11) is 0. The molecule has 1 aromatic carbocycles. The molecule has 0 spiro atoms. The first kappa shape index (κ1) is 17.8. The van der Waals surface area contributed by atoms with Crippen molar-refractivity contribution in [2.45, 2.75) is 25.7 Å². The third-order valence-electron chi connectivity index (χ3n) is 6.15. The Morgan fingerprint density at radius 2 is 1.77 bits per heavy atom. The predicted molar refractivity (Wildman–Crippen MR) is 104 cm³/mol. The van der Waals surface area contributed by atoms with Crippen molar-refractivity contribution in [3.05, 3.63) is 29.8 Å². The number of hydrogen-bond donors (Lipinski definition) is 0. The number of carbonyl (C=O) groups excluding carboxylic acids is 1. The van der Waals surface area contributed by atoms with Crippen molar-refractivity contribution >= 4 is 11.6 Å². The molecule has 0 atom stereocenters. The summed E-state index contributed by atoms with van der Waals surface area (Å²) < 4.78 is 5.36. The van der Waals surface area contributed by atoms with Gasteiger partial charge in [-0.25, -0.2) is 0 Å². The molecule has 0 radical (unpaired) electrons. The van der Waals surface area contributed by atoms with Gasteiger partial charge in [-0.2, -0.15) is 0 Å². The van der Waals surface area contributed by atoms with Gasteiger partial charge in [0, 0.05) is 44.3 Å². The molecule has 2 fully saturated rings. The van der Waals surface area contributed by atoms with Crippen molar-refractivity contribution in [3.63, 3.8) is 0 Å². The van der Waals surface area contributed by atoms with E-state index in [0.29, 0.717) is 19.1 Å². The number of morpholine rings is 1.